The van der Waals surface area contributed by atoms with Crippen molar-refractivity contribution in [3.63, 3.8) is 0 Å². The van der Waals surface area contributed by atoms with E-state index in [4.69, 9.17) is 14.5 Å². The Morgan fingerprint density at radius 2 is 1.70 bits per heavy atom. The summed E-state index contributed by atoms with van der Waals surface area (Å²) in [4.78, 5) is 75.5. The summed E-state index contributed by atoms with van der Waals surface area (Å²) in [6, 6.07) is 3.31. The third kappa shape index (κ3) is 12.2. The van der Waals surface area contributed by atoms with Gasteiger partial charge >= 0.3 is 5.97 Å². The molecule has 4 rings (SSSR count). The predicted molar refractivity (Wildman–Crippen MR) is 218 cm³/mol. The molecule has 14 heteroatoms. The third-order valence-electron chi connectivity index (χ3n) is 11.5. The van der Waals surface area contributed by atoms with Gasteiger partial charge in [0.1, 0.15) is 36.0 Å². The Hall–Kier alpha value is -3.65. The molecule has 0 aromatic heterocycles. The number of carbonyl (C=O) groups excluding carboxylic acids is 5. The lowest BCUT2D eigenvalue weighted by Crippen LogP contribution is -2.59. The second kappa shape index (κ2) is 20.2. The molecule has 1 aromatic carbocycles. The van der Waals surface area contributed by atoms with Crippen LogP contribution in [0, 0.1) is 23.2 Å². The molecule has 312 valence electrons. The molecule has 0 radical (unpaired) electrons. The number of fused-ring (bicyclic) bond motifs is 2. The highest BCUT2D eigenvalue weighted by Gasteiger charge is 2.42. The van der Waals surface area contributed by atoms with Gasteiger partial charge in [-0.25, -0.2) is 4.79 Å². The first kappa shape index (κ1) is 45.1. The van der Waals surface area contributed by atoms with Crippen molar-refractivity contribution in [3.8, 4) is 5.75 Å². The predicted octanol–water partition coefficient (Wildman–Crippen LogP) is 4.43. The van der Waals surface area contributed by atoms with Crippen LogP contribution in [0.15, 0.2) is 29.3 Å². The zero-order valence-electron chi connectivity index (χ0n) is 34.8. The molecule has 0 aliphatic carbocycles. The Labute approximate surface area is 337 Å². The maximum atomic E-state index is 14.2. The van der Waals surface area contributed by atoms with Crippen molar-refractivity contribution >= 4 is 46.4 Å². The summed E-state index contributed by atoms with van der Waals surface area (Å²) >= 11 is 1.60. The van der Waals surface area contributed by atoms with Gasteiger partial charge in [-0.3, -0.25) is 24.2 Å². The monoisotopic (exact) mass is 799 g/mol. The fourth-order valence-corrected chi connectivity index (χ4v) is 8.69. The molecule has 4 N–H and O–H groups in total. The van der Waals surface area contributed by atoms with Crippen molar-refractivity contribution in [3.05, 3.63) is 29.8 Å². The summed E-state index contributed by atoms with van der Waals surface area (Å²) in [6.45, 7) is 15.8. The molecule has 4 amide bonds. The van der Waals surface area contributed by atoms with E-state index < -0.39 is 59.6 Å². The Kier molecular flexibility index (Phi) is 16.2. The van der Waals surface area contributed by atoms with E-state index in [-0.39, 0.29) is 48.5 Å². The number of ether oxygens (including phenoxy) is 2. The smallest absolute Gasteiger partial charge is 0.329 e. The number of methoxy groups -OCH3 is 1. The standard InChI is InChI=1S/C42H65N5O8S/c1-10-25(3)36-40(52)47-19-11-12-32(47)41(53)55-34(42(6,7)8)21-24(2)20-33(48)26(4)39-44-29(23-56-39)15-18-35(49)45-31(38(51)43-27(5)37(50)46-36)22-28-13-16-30(54-9)17-14-28/h13-14,16-17,24-27,29,31-34,36,48H,10-12,15,18-23H2,1-9H3,(H,43,51)(H,45,49)(H,46,50)/t24-,25-,26+,27-,29-,31-,32-,33-,34-,36-/m0/s1. The minimum atomic E-state index is -1.04. The Bertz CT molecular complexity index is 1560. The van der Waals surface area contributed by atoms with Crippen molar-refractivity contribution in [1.82, 2.24) is 20.9 Å². The zero-order valence-corrected chi connectivity index (χ0v) is 35.6. The van der Waals surface area contributed by atoms with Gasteiger partial charge in [-0.2, -0.15) is 0 Å². The highest BCUT2D eigenvalue weighted by molar-refractivity contribution is 8.14. The summed E-state index contributed by atoms with van der Waals surface area (Å²) in [5, 5.41) is 20.7. The minimum absolute atomic E-state index is 0.0147. The number of nitrogens with zero attached hydrogens (tertiary/aromatic N) is 2. The molecule has 13 nitrogen and oxygen atoms in total. The van der Waals surface area contributed by atoms with E-state index in [1.807, 2.05) is 60.6 Å². The van der Waals surface area contributed by atoms with E-state index >= 15 is 0 Å². The summed E-state index contributed by atoms with van der Waals surface area (Å²) in [5.74, 6) is -1.37. The van der Waals surface area contributed by atoms with Gasteiger partial charge in [0.2, 0.25) is 23.6 Å². The number of hydrogen-bond donors (Lipinski definition) is 4. The van der Waals surface area contributed by atoms with Gasteiger partial charge in [-0.1, -0.05) is 67.0 Å². The summed E-state index contributed by atoms with van der Waals surface area (Å²) < 4.78 is 11.5. The molecule has 3 aliphatic rings. The van der Waals surface area contributed by atoms with Gasteiger partial charge in [0.05, 0.1) is 24.3 Å². The van der Waals surface area contributed by atoms with Crippen molar-refractivity contribution < 1.29 is 38.6 Å². The van der Waals surface area contributed by atoms with Crippen LogP contribution in [-0.2, 0) is 35.1 Å². The molecular weight excluding hydrogens is 735 g/mol. The van der Waals surface area contributed by atoms with E-state index in [0.29, 0.717) is 56.6 Å². The average Bonchev–Trinajstić information content (AvgIpc) is 3.85. The molecule has 3 heterocycles. The SMILES string of the molecule is CC[C@H](C)[C@@H]1NC(=O)[C@H](C)NC(=O)[C@H](Cc2ccc(OC)cc2)NC(=O)CC[C@H]2CSC(=N2)[C@H](C)[C@@H](O)C[C@H](C)C[C@@H](C(C)(C)C)OC(=O)[C@@H]2CCCN2C1=O. The first-order chi connectivity index (χ1) is 26.4. The van der Waals surface area contributed by atoms with Crippen LogP contribution in [0.5, 0.6) is 5.75 Å². The molecule has 1 fully saturated rings. The second-order valence-corrected chi connectivity index (χ2v) is 18.2. The lowest BCUT2D eigenvalue weighted by molar-refractivity contribution is -0.164. The largest absolute Gasteiger partial charge is 0.497 e. The fourth-order valence-electron chi connectivity index (χ4n) is 7.44. The van der Waals surface area contributed by atoms with Crippen molar-refractivity contribution in [2.45, 2.75) is 149 Å². The Morgan fingerprint density at radius 1 is 1.00 bits per heavy atom. The highest BCUT2D eigenvalue weighted by Crippen LogP contribution is 2.34. The van der Waals surface area contributed by atoms with Crippen molar-refractivity contribution in [2.24, 2.45) is 28.2 Å². The van der Waals surface area contributed by atoms with Crippen LogP contribution in [0.1, 0.15) is 106 Å². The number of rotatable bonds is 5. The Morgan fingerprint density at radius 3 is 2.34 bits per heavy atom. The highest BCUT2D eigenvalue weighted by atomic mass is 32.2. The molecule has 0 saturated carbocycles. The Balaban J connectivity index is 1.63. The number of carbonyl (C=O) groups is 5. The topological polar surface area (TPSA) is 176 Å². The van der Waals surface area contributed by atoms with Crippen LogP contribution in [0.2, 0.25) is 0 Å². The number of hydrogen-bond acceptors (Lipinski definition) is 10. The van der Waals surface area contributed by atoms with Crippen LogP contribution >= 0.6 is 11.8 Å². The molecule has 10 atom stereocenters. The van der Waals surface area contributed by atoms with Crippen LogP contribution in [-0.4, -0.2) is 106 Å². The minimum Gasteiger partial charge on any atom is -0.497 e. The maximum Gasteiger partial charge on any atom is 0.329 e. The number of nitrogens with one attached hydrogen (secondary N) is 3. The molecular formula is C42H65N5O8S. The van der Waals surface area contributed by atoms with Gasteiger partial charge in [0.15, 0.2) is 0 Å². The number of thioether (sulfide) groups is 1. The first-order valence-corrected chi connectivity index (χ1v) is 21.3. The van der Waals surface area contributed by atoms with E-state index in [9.17, 15) is 29.1 Å². The summed E-state index contributed by atoms with van der Waals surface area (Å²) in [5.41, 5.74) is 0.384. The van der Waals surface area contributed by atoms with E-state index in [0.717, 1.165) is 10.6 Å². The van der Waals surface area contributed by atoms with Crippen LogP contribution in [0.4, 0.5) is 0 Å². The second-order valence-electron chi connectivity index (χ2n) is 17.2. The molecule has 0 unspecified atom stereocenters. The van der Waals surface area contributed by atoms with Gasteiger partial charge < -0.3 is 35.4 Å². The molecule has 0 spiro atoms. The van der Waals surface area contributed by atoms with Crippen LogP contribution in [0.25, 0.3) is 0 Å². The molecule has 56 heavy (non-hydrogen) atoms. The van der Waals surface area contributed by atoms with Crippen LogP contribution < -0.4 is 20.7 Å². The molecule has 1 aromatic rings. The van der Waals surface area contributed by atoms with Crippen molar-refractivity contribution in [2.75, 3.05) is 19.4 Å². The van der Waals surface area contributed by atoms with E-state index in [1.165, 1.54) is 4.90 Å². The quantitative estimate of drug-likeness (QED) is 0.314. The zero-order chi connectivity index (χ0) is 41.3. The number of benzene rings is 1. The number of amides is 4. The maximum absolute atomic E-state index is 14.2. The number of cyclic esters (lactones) is 1. The van der Waals surface area contributed by atoms with Crippen LogP contribution in [0.3, 0.4) is 0 Å². The number of aliphatic hydroxyl groups is 1. The molecule has 2 bridgehead atoms. The lowest BCUT2D eigenvalue weighted by Gasteiger charge is -2.36. The van der Waals surface area contributed by atoms with Gasteiger partial charge in [0, 0.05) is 31.1 Å². The summed E-state index contributed by atoms with van der Waals surface area (Å²) in [7, 11) is 1.56. The fraction of sp³-hybridized carbons (Fsp3) is 0.714. The molecule has 1 saturated heterocycles. The molecule has 3 aliphatic heterocycles. The van der Waals surface area contributed by atoms with Gasteiger partial charge in [-0.15, -0.1) is 11.8 Å². The number of aliphatic imine (C=N–C) groups is 1. The number of esters is 1. The van der Waals surface area contributed by atoms with Gasteiger partial charge in [0.25, 0.3) is 0 Å². The van der Waals surface area contributed by atoms with E-state index in [2.05, 4.69) is 16.0 Å². The van der Waals surface area contributed by atoms with E-state index in [1.54, 1.807) is 37.9 Å². The first-order valence-electron chi connectivity index (χ1n) is 20.3. The summed E-state index contributed by atoms with van der Waals surface area (Å²) in [6.07, 6.45) is 2.31. The average molecular weight is 800 g/mol. The third-order valence-corrected chi connectivity index (χ3v) is 12.8. The lowest BCUT2D eigenvalue weighted by atomic mass is 9.81. The normalized spacial score (nSPS) is 31.5. The number of aliphatic hydroxyl groups excluding tert-OH is 1. The van der Waals surface area contributed by atoms with Crippen molar-refractivity contribution in [1.29, 1.82) is 0 Å². The van der Waals surface area contributed by atoms with Gasteiger partial charge in [-0.05, 0) is 74.0 Å².